The van der Waals surface area contributed by atoms with Gasteiger partial charge in [-0.15, -0.1) is 0 Å². The highest BCUT2D eigenvalue weighted by molar-refractivity contribution is 5.91. The Bertz CT molecular complexity index is 1570. The molecule has 0 saturated carbocycles. The largest absolute Gasteiger partial charge is 0.497 e. The first kappa shape index (κ1) is 30.4. The van der Waals surface area contributed by atoms with Crippen LogP contribution in [0.4, 0.5) is 10.5 Å². The van der Waals surface area contributed by atoms with Crippen LogP contribution in [0.2, 0.25) is 0 Å². The van der Waals surface area contributed by atoms with Gasteiger partial charge in [-0.3, -0.25) is 9.36 Å². The van der Waals surface area contributed by atoms with E-state index in [1.165, 1.54) is 0 Å². The summed E-state index contributed by atoms with van der Waals surface area (Å²) >= 11 is 0. The summed E-state index contributed by atoms with van der Waals surface area (Å²) in [7, 11) is 4.70. The third kappa shape index (κ3) is 6.51. The van der Waals surface area contributed by atoms with Crippen LogP contribution in [0.1, 0.15) is 57.8 Å². The monoisotopic (exact) mass is 572 g/mol. The van der Waals surface area contributed by atoms with E-state index in [0.717, 1.165) is 25.7 Å². The van der Waals surface area contributed by atoms with Gasteiger partial charge in [-0.05, 0) is 49.2 Å². The topological polar surface area (TPSA) is 94.9 Å². The second-order valence-corrected chi connectivity index (χ2v) is 9.97. The van der Waals surface area contributed by atoms with Crippen LogP contribution in [0.15, 0.2) is 71.5 Å². The number of carbonyl (C=O) groups excluding carboxylic acids is 1. The van der Waals surface area contributed by atoms with Crippen LogP contribution < -0.4 is 25.1 Å². The minimum atomic E-state index is -0.516. The zero-order chi connectivity index (χ0) is 30.1. The second-order valence-electron chi connectivity index (χ2n) is 9.97. The summed E-state index contributed by atoms with van der Waals surface area (Å²) in [5.41, 5.74) is 1.44. The first-order valence-corrected chi connectivity index (χ1v) is 14.4. The molecule has 1 aromatic heterocycles. The fourth-order valence-electron chi connectivity index (χ4n) is 5.16. The van der Waals surface area contributed by atoms with Gasteiger partial charge in [0.1, 0.15) is 23.1 Å². The molecule has 3 aromatic carbocycles. The van der Waals surface area contributed by atoms with Gasteiger partial charge in [-0.25, -0.2) is 9.78 Å². The zero-order valence-corrected chi connectivity index (χ0v) is 25.1. The molecule has 9 nitrogen and oxygen atoms in total. The van der Waals surface area contributed by atoms with Crippen molar-refractivity contribution in [1.82, 2.24) is 14.5 Å². The van der Waals surface area contributed by atoms with Gasteiger partial charge < -0.3 is 24.4 Å². The van der Waals surface area contributed by atoms with Gasteiger partial charge >= 0.3 is 6.03 Å². The Labute approximate surface area is 247 Å². The highest BCUT2D eigenvalue weighted by atomic mass is 16.5. The number of benzene rings is 3. The quantitative estimate of drug-likeness (QED) is 0.174. The zero-order valence-electron chi connectivity index (χ0n) is 25.1. The summed E-state index contributed by atoms with van der Waals surface area (Å²) in [6.07, 6.45) is 4.46. The number of urea groups is 1. The van der Waals surface area contributed by atoms with Crippen LogP contribution in [0, 0.1) is 0 Å². The predicted molar refractivity (Wildman–Crippen MR) is 166 cm³/mol. The fraction of sp³-hybridized carbons (Fsp3) is 0.364. The molecule has 1 atom stereocenters. The van der Waals surface area contributed by atoms with Crippen molar-refractivity contribution in [3.05, 3.63) is 82.9 Å². The number of carbonyl (C=O) groups is 1. The Hall–Kier alpha value is -4.53. The Morgan fingerprint density at radius 2 is 1.64 bits per heavy atom. The molecule has 1 unspecified atom stereocenters. The maximum absolute atomic E-state index is 14.1. The molecule has 42 heavy (non-hydrogen) atoms. The normalized spacial score (nSPS) is 11.6. The number of hydrogen-bond acceptors (Lipinski definition) is 6. The van der Waals surface area contributed by atoms with E-state index in [0.29, 0.717) is 58.3 Å². The Morgan fingerprint density at radius 3 is 2.36 bits per heavy atom. The fourth-order valence-corrected chi connectivity index (χ4v) is 5.16. The molecule has 0 fully saturated rings. The van der Waals surface area contributed by atoms with E-state index < -0.39 is 6.04 Å². The average molecular weight is 573 g/mol. The van der Waals surface area contributed by atoms with Crippen molar-refractivity contribution in [3.63, 3.8) is 0 Å². The summed E-state index contributed by atoms with van der Waals surface area (Å²) in [6, 6.07) is 19.1. The van der Waals surface area contributed by atoms with Gasteiger partial charge in [-0.2, -0.15) is 0 Å². The van der Waals surface area contributed by atoms with E-state index in [2.05, 4.69) is 12.2 Å². The van der Waals surface area contributed by atoms with Crippen LogP contribution in [-0.4, -0.2) is 48.4 Å². The average Bonchev–Trinajstić information content (AvgIpc) is 3.02. The van der Waals surface area contributed by atoms with Crippen molar-refractivity contribution >= 4 is 22.6 Å². The number of nitrogens with one attached hydrogen (secondary N) is 1. The molecular formula is C33H40N4O5. The van der Waals surface area contributed by atoms with Gasteiger partial charge in [0.2, 0.25) is 0 Å². The molecule has 0 aliphatic heterocycles. The molecule has 4 aromatic rings. The third-order valence-corrected chi connectivity index (χ3v) is 7.35. The summed E-state index contributed by atoms with van der Waals surface area (Å²) < 4.78 is 18.1. The molecule has 0 saturated heterocycles. The van der Waals surface area contributed by atoms with Crippen molar-refractivity contribution in [3.8, 4) is 22.9 Å². The van der Waals surface area contributed by atoms with E-state index in [9.17, 15) is 9.59 Å². The van der Waals surface area contributed by atoms with Crippen molar-refractivity contribution in [2.75, 3.05) is 33.2 Å². The van der Waals surface area contributed by atoms with Gasteiger partial charge in [0.05, 0.1) is 49.6 Å². The first-order chi connectivity index (χ1) is 20.5. The summed E-state index contributed by atoms with van der Waals surface area (Å²) in [4.78, 5) is 35.0. The van der Waals surface area contributed by atoms with E-state index in [1.54, 1.807) is 55.1 Å². The Balaban J connectivity index is 1.86. The van der Waals surface area contributed by atoms with Crippen LogP contribution >= 0.6 is 0 Å². The van der Waals surface area contributed by atoms with E-state index in [4.69, 9.17) is 19.2 Å². The number of methoxy groups -OCH3 is 3. The molecule has 0 aliphatic carbocycles. The molecule has 0 bridgehead atoms. The highest BCUT2D eigenvalue weighted by Gasteiger charge is 2.30. The number of aromatic nitrogens is 2. The van der Waals surface area contributed by atoms with Gasteiger partial charge in [-0.1, -0.05) is 57.4 Å². The van der Waals surface area contributed by atoms with E-state index >= 15 is 0 Å². The Morgan fingerprint density at radius 1 is 0.905 bits per heavy atom. The van der Waals surface area contributed by atoms with Crippen LogP contribution in [-0.2, 0) is 0 Å². The smallest absolute Gasteiger partial charge is 0.322 e. The number of nitrogens with zero attached hydrogens (tertiary/aromatic N) is 3. The number of unbranched alkanes of at least 4 members (excludes halogenated alkanes) is 3. The van der Waals surface area contributed by atoms with Crippen molar-refractivity contribution in [2.45, 2.75) is 52.0 Å². The molecule has 0 spiro atoms. The van der Waals surface area contributed by atoms with E-state index in [1.807, 2.05) is 49.4 Å². The number of ether oxygens (including phenoxy) is 3. The third-order valence-electron chi connectivity index (χ3n) is 7.35. The lowest BCUT2D eigenvalue weighted by molar-refractivity contribution is 0.179. The van der Waals surface area contributed by atoms with Crippen LogP contribution in [0.3, 0.4) is 0 Å². The van der Waals surface area contributed by atoms with Crippen molar-refractivity contribution in [2.24, 2.45) is 0 Å². The molecule has 9 heteroatoms. The second kappa shape index (κ2) is 14.4. The number of anilines is 1. The minimum Gasteiger partial charge on any atom is -0.497 e. The predicted octanol–water partition coefficient (Wildman–Crippen LogP) is 6.98. The molecule has 1 heterocycles. The van der Waals surface area contributed by atoms with Crippen LogP contribution in [0.5, 0.6) is 17.2 Å². The highest BCUT2D eigenvalue weighted by Crippen LogP contribution is 2.33. The van der Waals surface area contributed by atoms with Crippen molar-refractivity contribution in [1.29, 1.82) is 0 Å². The summed E-state index contributed by atoms with van der Waals surface area (Å²) in [6.45, 7) is 4.64. The molecule has 0 radical (unpaired) electrons. The number of para-hydroxylation sites is 3. The summed E-state index contributed by atoms with van der Waals surface area (Å²) in [5.74, 6) is 2.11. The lowest BCUT2D eigenvalue weighted by Gasteiger charge is -2.33. The number of fused-ring (bicyclic) bond motifs is 1. The van der Waals surface area contributed by atoms with E-state index in [-0.39, 0.29) is 11.6 Å². The lowest BCUT2D eigenvalue weighted by Crippen LogP contribution is -2.41. The maximum atomic E-state index is 14.1. The molecule has 0 aliphatic rings. The molecule has 222 valence electrons. The van der Waals surface area contributed by atoms with Gasteiger partial charge in [0.15, 0.2) is 0 Å². The SMILES string of the molecule is CCCCCCN(C(=O)Nc1ccc(OC)cc1OC)C(CC)c1nc2ccccc2c(=O)n1-c1ccccc1OC. The molecular weight excluding hydrogens is 532 g/mol. The Kier molecular flexibility index (Phi) is 10.4. The number of rotatable bonds is 13. The summed E-state index contributed by atoms with van der Waals surface area (Å²) in [5, 5.41) is 3.53. The lowest BCUT2D eigenvalue weighted by atomic mass is 10.1. The van der Waals surface area contributed by atoms with Crippen LogP contribution in [0.25, 0.3) is 16.6 Å². The van der Waals surface area contributed by atoms with Gasteiger partial charge in [0.25, 0.3) is 5.56 Å². The number of amides is 2. The first-order valence-electron chi connectivity index (χ1n) is 14.4. The minimum absolute atomic E-state index is 0.221. The molecule has 2 amide bonds. The van der Waals surface area contributed by atoms with Crippen molar-refractivity contribution < 1.29 is 19.0 Å². The number of hydrogen-bond donors (Lipinski definition) is 1. The standard InChI is InChI=1S/C33H40N4O5/c1-6-8-9-14-21-36(33(39)35-26-20-19-23(40-3)22-30(26)42-5)27(7-2)31-34-25-16-11-10-15-24(25)32(38)37(31)28-17-12-13-18-29(28)41-4/h10-13,15-20,22,27H,6-9,14,21H2,1-5H3,(H,35,39). The maximum Gasteiger partial charge on any atom is 0.322 e. The molecule has 1 N–H and O–H groups in total. The molecule has 4 rings (SSSR count). The van der Waals surface area contributed by atoms with Gasteiger partial charge in [0, 0.05) is 12.6 Å².